The van der Waals surface area contributed by atoms with E-state index in [1.165, 1.54) is 42.2 Å². The lowest BCUT2D eigenvalue weighted by molar-refractivity contribution is 0.00791. The summed E-state index contributed by atoms with van der Waals surface area (Å²) in [5.41, 5.74) is 2.43. The van der Waals surface area contributed by atoms with Crippen LogP contribution in [0.3, 0.4) is 0 Å². The van der Waals surface area contributed by atoms with Crippen LogP contribution in [-0.4, -0.2) is 76.2 Å². The van der Waals surface area contributed by atoms with E-state index in [0.29, 0.717) is 24.5 Å². The van der Waals surface area contributed by atoms with Crippen LogP contribution in [0.5, 0.6) is 0 Å². The molecule has 0 spiro atoms. The standard InChI is InChI=1S/C26H36N6O2S/c1-18-17-35-26-24(18)25(28-20-2-4-21(5-3-20)31-8-12-34-13-9-31)29-23(30-26)14-19-15-27-32(16-19)22-6-10-33-11-7-22/h15-17,20-22H,2-14H2,1H3,(H,28,29,30). The third-order valence-corrected chi connectivity index (χ3v) is 8.84. The second kappa shape index (κ2) is 10.5. The number of fused-ring (bicyclic) bond motifs is 1. The molecule has 8 nitrogen and oxygen atoms in total. The van der Waals surface area contributed by atoms with E-state index in [2.05, 4.69) is 38.5 Å². The predicted molar refractivity (Wildman–Crippen MR) is 138 cm³/mol. The topological polar surface area (TPSA) is 77.3 Å². The van der Waals surface area contributed by atoms with Crippen LogP contribution in [0.25, 0.3) is 10.2 Å². The lowest BCUT2D eigenvalue weighted by atomic mass is 9.90. The summed E-state index contributed by atoms with van der Waals surface area (Å²) in [6, 6.07) is 1.60. The van der Waals surface area contributed by atoms with Gasteiger partial charge in [-0.1, -0.05) is 0 Å². The quantitative estimate of drug-likeness (QED) is 0.548. The molecule has 9 heteroatoms. The molecule has 2 saturated heterocycles. The molecule has 1 N–H and O–H groups in total. The summed E-state index contributed by atoms with van der Waals surface area (Å²) in [7, 11) is 0. The van der Waals surface area contributed by atoms with E-state index < -0.39 is 0 Å². The summed E-state index contributed by atoms with van der Waals surface area (Å²) in [4.78, 5) is 13.7. The minimum Gasteiger partial charge on any atom is -0.381 e. The van der Waals surface area contributed by atoms with Crippen LogP contribution in [-0.2, 0) is 15.9 Å². The van der Waals surface area contributed by atoms with E-state index in [9.17, 15) is 0 Å². The number of hydrogen-bond donors (Lipinski definition) is 1. The highest BCUT2D eigenvalue weighted by molar-refractivity contribution is 7.17. The summed E-state index contributed by atoms with van der Waals surface area (Å²) in [6.07, 6.45) is 11.8. The number of rotatable bonds is 6. The molecule has 0 amide bonds. The number of hydrogen-bond acceptors (Lipinski definition) is 8. The Labute approximate surface area is 211 Å². The molecule has 5 heterocycles. The van der Waals surface area contributed by atoms with E-state index in [0.717, 1.165) is 68.8 Å². The number of morpholine rings is 1. The first-order chi connectivity index (χ1) is 17.2. The van der Waals surface area contributed by atoms with Crippen molar-refractivity contribution in [3.63, 3.8) is 0 Å². The third kappa shape index (κ3) is 5.23. The molecular weight excluding hydrogens is 460 g/mol. The summed E-state index contributed by atoms with van der Waals surface area (Å²) in [5.74, 6) is 1.88. The van der Waals surface area contributed by atoms with E-state index in [1.54, 1.807) is 11.3 Å². The normalized spacial score (nSPS) is 24.7. The number of aromatic nitrogens is 4. The molecule has 35 heavy (non-hydrogen) atoms. The molecule has 188 valence electrons. The molecule has 1 saturated carbocycles. The second-order valence-electron chi connectivity index (χ2n) is 10.2. The minimum absolute atomic E-state index is 0.436. The Balaban J connectivity index is 1.15. The fourth-order valence-corrected chi connectivity index (χ4v) is 6.77. The van der Waals surface area contributed by atoms with Gasteiger partial charge in [0, 0.05) is 51.0 Å². The molecule has 6 rings (SSSR count). The van der Waals surface area contributed by atoms with Crippen molar-refractivity contribution >= 4 is 27.4 Å². The van der Waals surface area contributed by atoms with Crippen LogP contribution >= 0.6 is 11.3 Å². The number of nitrogens with one attached hydrogen (secondary N) is 1. The van der Waals surface area contributed by atoms with Gasteiger partial charge in [-0.3, -0.25) is 9.58 Å². The van der Waals surface area contributed by atoms with E-state index in [-0.39, 0.29) is 0 Å². The number of thiophene rings is 1. The molecule has 3 aliphatic rings. The van der Waals surface area contributed by atoms with Gasteiger partial charge in [0.25, 0.3) is 0 Å². The zero-order chi connectivity index (χ0) is 23.6. The first-order valence-corrected chi connectivity index (χ1v) is 14.0. The average molecular weight is 497 g/mol. The van der Waals surface area contributed by atoms with Gasteiger partial charge >= 0.3 is 0 Å². The van der Waals surface area contributed by atoms with Crippen molar-refractivity contribution in [2.45, 2.75) is 70.0 Å². The SMILES string of the molecule is Cc1csc2nc(Cc3cnn(C4CCOCC4)c3)nc(NC3CCC(N4CCOCC4)CC3)c12. The molecule has 0 atom stereocenters. The van der Waals surface area contributed by atoms with Crippen molar-refractivity contribution < 1.29 is 9.47 Å². The molecular formula is C26H36N6O2S. The van der Waals surface area contributed by atoms with Crippen LogP contribution in [0.4, 0.5) is 5.82 Å². The van der Waals surface area contributed by atoms with Gasteiger partial charge in [-0.2, -0.15) is 5.10 Å². The number of nitrogens with zero attached hydrogens (tertiary/aromatic N) is 5. The van der Waals surface area contributed by atoms with Gasteiger partial charge in [-0.05, 0) is 62.0 Å². The molecule has 3 fully saturated rings. The van der Waals surface area contributed by atoms with Crippen LogP contribution in [0.1, 0.15) is 61.5 Å². The van der Waals surface area contributed by atoms with Crippen LogP contribution < -0.4 is 5.32 Å². The average Bonchev–Trinajstić information content (AvgIpc) is 3.52. The molecule has 1 aliphatic carbocycles. The summed E-state index contributed by atoms with van der Waals surface area (Å²) < 4.78 is 13.2. The van der Waals surface area contributed by atoms with Crippen molar-refractivity contribution in [3.05, 3.63) is 34.7 Å². The fraction of sp³-hybridized carbons (Fsp3) is 0.654. The number of anilines is 1. The van der Waals surface area contributed by atoms with Crippen LogP contribution in [0.15, 0.2) is 17.8 Å². The predicted octanol–water partition coefficient (Wildman–Crippen LogP) is 4.19. The molecule has 3 aromatic heterocycles. The Morgan fingerprint density at radius 1 is 0.971 bits per heavy atom. The minimum atomic E-state index is 0.436. The third-order valence-electron chi connectivity index (χ3n) is 7.85. The Morgan fingerprint density at radius 3 is 2.54 bits per heavy atom. The molecule has 3 aromatic rings. The van der Waals surface area contributed by atoms with E-state index in [1.807, 2.05) is 6.20 Å². The van der Waals surface area contributed by atoms with Gasteiger partial charge in [0.05, 0.1) is 30.8 Å². The van der Waals surface area contributed by atoms with Gasteiger partial charge < -0.3 is 14.8 Å². The highest BCUT2D eigenvalue weighted by atomic mass is 32.1. The summed E-state index contributed by atoms with van der Waals surface area (Å²) in [5, 5.41) is 11.9. The zero-order valence-corrected chi connectivity index (χ0v) is 21.4. The van der Waals surface area contributed by atoms with E-state index >= 15 is 0 Å². The number of ether oxygens (including phenoxy) is 2. The zero-order valence-electron chi connectivity index (χ0n) is 20.6. The molecule has 0 radical (unpaired) electrons. The van der Waals surface area contributed by atoms with Gasteiger partial charge in [0.1, 0.15) is 16.5 Å². The van der Waals surface area contributed by atoms with Gasteiger partial charge in [0.15, 0.2) is 0 Å². The molecule has 2 aliphatic heterocycles. The smallest absolute Gasteiger partial charge is 0.139 e. The second-order valence-corrected chi connectivity index (χ2v) is 11.1. The summed E-state index contributed by atoms with van der Waals surface area (Å²) >= 11 is 1.72. The van der Waals surface area contributed by atoms with Gasteiger partial charge in [0.2, 0.25) is 0 Å². The largest absolute Gasteiger partial charge is 0.381 e. The van der Waals surface area contributed by atoms with Crippen molar-refractivity contribution in [2.24, 2.45) is 0 Å². The summed E-state index contributed by atoms with van der Waals surface area (Å²) in [6.45, 7) is 7.73. The van der Waals surface area contributed by atoms with E-state index in [4.69, 9.17) is 19.4 Å². The Morgan fingerprint density at radius 2 is 1.74 bits per heavy atom. The molecule has 0 aromatic carbocycles. The molecule has 0 unspecified atom stereocenters. The van der Waals surface area contributed by atoms with Crippen molar-refractivity contribution in [2.75, 3.05) is 44.8 Å². The van der Waals surface area contributed by atoms with Crippen molar-refractivity contribution in [1.82, 2.24) is 24.6 Å². The Kier molecular flexibility index (Phi) is 7.00. The van der Waals surface area contributed by atoms with Crippen molar-refractivity contribution in [1.29, 1.82) is 0 Å². The number of aryl methyl sites for hydroxylation is 1. The highest BCUT2D eigenvalue weighted by Crippen LogP contribution is 2.33. The Hall–Kier alpha value is -2.07. The first kappa shape index (κ1) is 23.3. The van der Waals surface area contributed by atoms with Gasteiger partial charge in [-0.25, -0.2) is 9.97 Å². The van der Waals surface area contributed by atoms with Crippen LogP contribution in [0.2, 0.25) is 0 Å². The highest BCUT2D eigenvalue weighted by Gasteiger charge is 2.28. The van der Waals surface area contributed by atoms with Crippen LogP contribution in [0, 0.1) is 6.92 Å². The lowest BCUT2D eigenvalue weighted by Gasteiger charge is -2.39. The van der Waals surface area contributed by atoms with Crippen molar-refractivity contribution in [3.8, 4) is 0 Å². The van der Waals surface area contributed by atoms with Gasteiger partial charge in [-0.15, -0.1) is 11.3 Å². The maximum atomic E-state index is 5.54. The maximum Gasteiger partial charge on any atom is 0.139 e. The lowest BCUT2D eigenvalue weighted by Crippen LogP contribution is -2.46. The first-order valence-electron chi connectivity index (χ1n) is 13.2. The Bertz CT molecular complexity index is 1130. The maximum absolute atomic E-state index is 5.54. The fourth-order valence-electron chi connectivity index (χ4n) is 5.83. The monoisotopic (exact) mass is 496 g/mol. The molecule has 0 bridgehead atoms.